The molecule has 0 radical (unpaired) electrons. The lowest BCUT2D eigenvalue weighted by Crippen LogP contribution is -2.36. The van der Waals surface area contributed by atoms with Crippen LogP contribution in [0.5, 0.6) is 0 Å². The van der Waals surface area contributed by atoms with Gasteiger partial charge in [0.25, 0.3) is 5.91 Å². The number of hydrogen-bond acceptors (Lipinski definition) is 7. The number of thiazole rings is 1. The summed E-state index contributed by atoms with van der Waals surface area (Å²) in [4.78, 5) is 36.1. The van der Waals surface area contributed by atoms with Crippen molar-refractivity contribution in [3.8, 4) is 0 Å². The molecule has 1 aromatic carbocycles. The Labute approximate surface area is 183 Å². The summed E-state index contributed by atoms with van der Waals surface area (Å²) in [5.74, 6) is -0.781. The lowest BCUT2D eigenvalue weighted by molar-refractivity contribution is -0.131. The van der Waals surface area contributed by atoms with Crippen LogP contribution in [0.25, 0.3) is 0 Å². The van der Waals surface area contributed by atoms with Crippen molar-refractivity contribution in [2.24, 2.45) is 0 Å². The number of nitrogens with zero attached hydrogens (tertiary/aromatic N) is 3. The van der Waals surface area contributed by atoms with E-state index in [1.807, 2.05) is 0 Å². The number of anilines is 1. The van der Waals surface area contributed by atoms with Crippen molar-refractivity contribution in [2.75, 3.05) is 17.6 Å². The van der Waals surface area contributed by atoms with E-state index in [-0.39, 0.29) is 28.9 Å². The number of sulfone groups is 1. The van der Waals surface area contributed by atoms with E-state index >= 15 is 0 Å². The first kappa shape index (κ1) is 21.1. The molecule has 31 heavy (non-hydrogen) atoms. The van der Waals surface area contributed by atoms with Gasteiger partial charge in [-0.2, -0.15) is 0 Å². The van der Waals surface area contributed by atoms with Crippen LogP contribution in [0.2, 0.25) is 0 Å². The maximum atomic E-state index is 12.6. The molecule has 1 aliphatic rings. The summed E-state index contributed by atoms with van der Waals surface area (Å²) in [5.41, 5.74) is 1.15. The molecule has 2 amide bonds. The topological polar surface area (TPSA) is 109 Å². The predicted molar refractivity (Wildman–Crippen MR) is 117 cm³/mol. The van der Waals surface area contributed by atoms with Crippen LogP contribution in [-0.2, 0) is 27.6 Å². The number of carbonyl (C=O) groups is 2. The molecule has 3 aromatic rings. The van der Waals surface area contributed by atoms with Crippen molar-refractivity contribution in [1.29, 1.82) is 0 Å². The minimum absolute atomic E-state index is 0.0748. The number of pyridine rings is 1. The van der Waals surface area contributed by atoms with E-state index in [1.54, 1.807) is 47.5 Å². The summed E-state index contributed by atoms with van der Waals surface area (Å²) < 4.78 is 24.8. The molecular weight excluding hydrogens is 436 g/mol. The Balaban J connectivity index is 1.36. The number of aromatic nitrogens is 2. The minimum Gasteiger partial charge on any atom is -0.337 e. The van der Waals surface area contributed by atoms with Crippen LogP contribution in [0, 0.1) is 0 Å². The summed E-state index contributed by atoms with van der Waals surface area (Å²) in [6, 6.07) is 13.2. The molecule has 0 saturated carbocycles. The van der Waals surface area contributed by atoms with E-state index in [0.29, 0.717) is 30.3 Å². The van der Waals surface area contributed by atoms with Crippen molar-refractivity contribution in [3.63, 3.8) is 0 Å². The maximum Gasteiger partial charge on any atom is 0.276 e. The molecule has 1 aliphatic heterocycles. The molecule has 0 saturated heterocycles. The van der Waals surface area contributed by atoms with E-state index in [4.69, 9.17) is 0 Å². The summed E-state index contributed by atoms with van der Waals surface area (Å²) in [6.07, 6.45) is 2.03. The predicted octanol–water partition coefficient (Wildman–Crippen LogP) is 2.54. The van der Waals surface area contributed by atoms with Crippen molar-refractivity contribution in [1.82, 2.24) is 14.9 Å². The average Bonchev–Trinajstić information content (AvgIpc) is 3.20. The second-order valence-corrected chi connectivity index (χ2v) is 10.2. The van der Waals surface area contributed by atoms with Gasteiger partial charge < -0.3 is 4.90 Å². The van der Waals surface area contributed by atoms with E-state index in [0.717, 1.165) is 10.6 Å². The average molecular weight is 457 g/mol. The first-order chi connectivity index (χ1) is 14.9. The zero-order valence-electron chi connectivity index (χ0n) is 16.5. The second kappa shape index (κ2) is 8.94. The third-order valence-electron chi connectivity index (χ3n) is 4.89. The molecule has 0 atom stereocenters. The smallest absolute Gasteiger partial charge is 0.276 e. The molecule has 0 bridgehead atoms. The number of fused-ring (bicyclic) bond motifs is 1. The first-order valence-electron chi connectivity index (χ1n) is 9.69. The second-order valence-electron chi connectivity index (χ2n) is 7.01. The molecular formula is C21H20N4O4S2. The zero-order valence-corrected chi connectivity index (χ0v) is 18.2. The quantitative estimate of drug-likeness (QED) is 0.611. The molecule has 0 aliphatic carbocycles. The van der Waals surface area contributed by atoms with Gasteiger partial charge in [-0.15, -0.1) is 0 Å². The number of rotatable bonds is 6. The fraction of sp³-hybridized carbons (Fsp3) is 0.238. The molecule has 8 nitrogen and oxygen atoms in total. The molecule has 4 rings (SSSR count). The molecule has 1 N–H and O–H groups in total. The SMILES string of the molecule is O=C(Nc1nc2c(s1)CN(C(=O)CCS(=O)(=O)c1ccccc1)CC2)c1ccccn1. The normalized spacial score (nSPS) is 13.5. The molecule has 10 heteroatoms. The van der Waals surface area contributed by atoms with E-state index in [1.165, 1.54) is 23.5 Å². The summed E-state index contributed by atoms with van der Waals surface area (Å²) in [6.45, 7) is 0.825. The zero-order chi connectivity index (χ0) is 21.8. The molecule has 0 fully saturated rings. The van der Waals surface area contributed by atoms with Gasteiger partial charge in [0, 0.05) is 30.5 Å². The van der Waals surface area contributed by atoms with Gasteiger partial charge in [0.2, 0.25) is 5.91 Å². The summed E-state index contributed by atoms with van der Waals surface area (Å²) in [5, 5.41) is 3.21. The number of amides is 2. The Bertz CT molecular complexity index is 1190. The number of carbonyl (C=O) groups excluding carboxylic acids is 2. The summed E-state index contributed by atoms with van der Waals surface area (Å²) >= 11 is 1.32. The van der Waals surface area contributed by atoms with Crippen LogP contribution in [0.1, 0.15) is 27.5 Å². The van der Waals surface area contributed by atoms with E-state index in [9.17, 15) is 18.0 Å². The lowest BCUT2D eigenvalue weighted by Gasteiger charge is -2.26. The van der Waals surface area contributed by atoms with Crippen LogP contribution in [0.15, 0.2) is 59.6 Å². The van der Waals surface area contributed by atoms with Crippen molar-refractivity contribution < 1.29 is 18.0 Å². The van der Waals surface area contributed by atoms with Crippen LogP contribution >= 0.6 is 11.3 Å². The highest BCUT2D eigenvalue weighted by atomic mass is 32.2. The minimum atomic E-state index is -3.50. The Kier molecular flexibility index (Phi) is 6.10. The third-order valence-corrected chi connectivity index (χ3v) is 7.62. The molecule has 0 unspecified atom stereocenters. The highest BCUT2D eigenvalue weighted by Gasteiger charge is 2.26. The van der Waals surface area contributed by atoms with Crippen molar-refractivity contribution >= 4 is 38.1 Å². The van der Waals surface area contributed by atoms with Gasteiger partial charge in [-0.05, 0) is 24.3 Å². The van der Waals surface area contributed by atoms with E-state index in [2.05, 4.69) is 15.3 Å². The van der Waals surface area contributed by atoms with E-state index < -0.39 is 9.84 Å². The Hall–Kier alpha value is -3.11. The van der Waals surface area contributed by atoms with Gasteiger partial charge in [-0.3, -0.25) is 19.9 Å². The van der Waals surface area contributed by atoms with Gasteiger partial charge in [0.1, 0.15) is 5.69 Å². The Morgan fingerprint density at radius 3 is 2.61 bits per heavy atom. The third kappa shape index (κ3) is 4.97. The van der Waals surface area contributed by atoms with Crippen molar-refractivity contribution in [3.05, 3.63) is 71.0 Å². The number of benzene rings is 1. The fourth-order valence-corrected chi connectivity index (χ4v) is 5.52. The number of nitrogens with one attached hydrogen (secondary N) is 1. The Morgan fingerprint density at radius 2 is 1.87 bits per heavy atom. The summed E-state index contributed by atoms with van der Waals surface area (Å²) in [7, 11) is -3.50. The monoisotopic (exact) mass is 456 g/mol. The van der Waals surface area contributed by atoms with Crippen LogP contribution in [-0.4, -0.2) is 47.4 Å². The highest BCUT2D eigenvalue weighted by molar-refractivity contribution is 7.91. The van der Waals surface area contributed by atoms with Gasteiger partial charge in [-0.1, -0.05) is 35.6 Å². The largest absolute Gasteiger partial charge is 0.337 e. The van der Waals surface area contributed by atoms with Crippen LogP contribution in [0.4, 0.5) is 5.13 Å². The lowest BCUT2D eigenvalue weighted by atomic mass is 10.1. The first-order valence-corrected chi connectivity index (χ1v) is 12.2. The van der Waals surface area contributed by atoms with Gasteiger partial charge in [-0.25, -0.2) is 13.4 Å². The van der Waals surface area contributed by atoms with Crippen LogP contribution in [0.3, 0.4) is 0 Å². The van der Waals surface area contributed by atoms with Gasteiger partial charge in [0.05, 0.1) is 22.9 Å². The fourth-order valence-electron chi connectivity index (χ4n) is 3.25. The molecule has 160 valence electrons. The van der Waals surface area contributed by atoms with Gasteiger partial charge in [0.15, 0.2) is 15.0 Å². The van der Waals surface area contributed by atoms with Crippen LogP contribution < -0.4 is 5.32 Å². The maximum absolute atomic E-state index is 12.6. The molecule has 3 heterocycles. The highest BCUT2D eigenvalue weighted by Crippen LogP contribution is 2.29. The standard InChI is InChI=1S/C21H20N4O4S2/c26-19(10-13-31(28,29)15-6-2-1-3-7-15)25-12-9-16-18(14-25)30-21(23-16)24-20(27)17-8-4-5-11-22-17/h1-8,11H,9-10,12-14H2,(H,23,24,27). The molecule has 0 spiro atoms. The number of hydrogen-bond donors (Lipinski definition) is 1. The van der Waals surface area contributed by atoms with Crippen molar-refractivity contribution in [2.45, 2.75) is 24.3 Å². The Morgan fingerprint density at radius 1 is 1.10 bits per heavy atom. The van der Waals surface area contributed by atoms with Gasteiger partial charge >= 0.3 is 0 Å². The molecule has 2 aromatic heterocycles.